The molecule has 0 aromatic carbocycles. The van der Waals surface area contributed by atoms with E-state index in [0.717, 1.165) is 6.42 Å². The van der Waals surface area contributed by atoms with Crippen molar-refractivity contribution in [1.29, 1.82) is 0 Å². The molecule has 2 atom stereocenters. The maximum Gasteiger partial charge on any atom is 0.329 e. The number of aliphatic carboxylic acids is 1. The van der Waals surface area contributed by atoms with Gasteiger partial charge in [0.05, 0.1) is 0 Å². The molecule has 1 N–H and O–H groups in total. The van der Waals surface area contributed by atoms with E-state index >= 15 is 0 Å². The van der Waals surface area contributed by atoms with Crippen molar-refractivity contribution in [1.82, 2.24) is 4.90 Å². The largest absolute Gasteiger partial charge is 0.479 e. The lowest BCUT2D eigenvalue weighted by Crippen LogP contribution is -2.61. The van der Waals surface area contributed by atoms with Crippen LogP contribution in [-0.2, 0) is 9.59 Å². The third kappa shape index (κ3) is 2.25. The highest BCUT2D eigenvalue weighted by molar-refractivity contribution is 5.87. The van der Waals surface area contributed by atoms with Gasteiger partial charge in [-0.3, -0.25) is 4.79 Å². The van der Waals surface area contributed by atoms with E-state index in [2.05, 4.69) is 13.8 Å². The second kappa shape index (κ2) is 4.56. The van der Waals surface area contributed by atoms with Crippen LogP contribution in [0.5, 0.6) is 0 Å². The van der Waals surface area contributed by atoms with E-state index in [4.69, 9.17) is 0 Å². The molecule has 0 radical (unpaired) electrons. The number of nitrogens with zero attached hydrogens (tertiary/aromatic N) is 1. The van der Waals surface area contributed by atoms with Crippen LogP contribution >= 0.6 is 0 Å². The monoisotopic (exact) mass is 255 g/mol. The zero-order valence-electron chi connectivity index (χ0n) is 12.3. The number of rotatable bonds is 3. The lowest BCUT2D eigenvalue weighted by molar-refractivity contribution is -0.164. The summed E-state index contributed by atoms with van der Waals surface area (Å²) in [4.78, 5) is 25.3. The molecule has 1 saturated carbocycles. The van der Waals surface area contributed by atoms with Crippen LogP contribution in [0.3, 0.4) is 0 Å². The van der Waals surface area contributed by atoms with Crippen LogP contribution in [0.2, 0.25) is 0 Å². The minimum absolute atomic E-state index is 0.0312. The van der Waals surface area contributed by atoms with Crippen molar-refractivity contribution >= 4 is 11.9 Å². The molecule has 0 heterocycles. The predicted molar refractivity (Wildman–Crippen MR) is 70.2 cm³/mol. The molecule has 0 saturated heterocycles. The first-order valence-corrected chi connectivity index (χ1v) is 6.58. The molecule has 1 aliphatic rings. The molecule has 1 amide bonds. The molecule has 104 valence electrons. The molecular weight excluding hydrogens is 230 g/mol. The third-order valence-electron chi connectivity index (χ3n) is 4.08. The van der Waals surface area contributed by atoms with Gasteiger partial charge in [0.15, 0.2) is 0 Å². The van der Waals surface area contributed by atoms with E-state index in [0.29, 0.717) is 6.42 Å². The van der Waals surface area contributed by atoms with Crippen molar-refractivity contribution in [2.75, 3.05) is 0 Å². The second-order valence-electron chi connectivity index (χ2n) is 6.66. The Kier molecular flexibility index (Phi) is 3.80. The maximum atomic E-state index is 11.9. The average molecular weight is 255 g/mol. The smallest absolute Gasteiger partial charge is 0.329 e. The molecule has 1 aliphatic carbocycles. The van der Waals surface area contributed by atoms with Crippen molar-refractivity contribution in [3.8, 4) is 0 Å². The summed E-state index contributed by atoms with van der Waals surface area (Å²) in [5, 5.41) is 9.74. The fourth-order valence-electron chi connectivity index (χ4n) is 3.79. The highest BCUT2D eigenvalue weighted by Gasteiger charge is 2.58. The molecule has 0 spiro atoms. The van der Waals surface area contributed by atoms with Gasteiger partial charge in [0.25, 0.3) is 0 Å². The summed E-state index contributed by atoms with van der Waals surface area (Å²) in [7, 11) is 0. The van der Waals surface area contributed by atoms with Crippen LogP contribution in [0, 0.1) is 11.3 Å². The Labute approximate surface area is 109 Å². The summed E-state index contributed by atoms with van der Waals surface area (Å²) in [6.07, 6.45) is 1.35. The average Bonchev–Trinajstić information content (AvgIpc) is 2.35. The molecular formula is C14H25NO3. The lowest BCUT2D eigenvalue weighted by Gasteiger charge is -2.43. The van der Waals surface area contributed by atoms with E-state index in [1.165, 1.54) is 6.92 Å². The van der Waals surface area contributed by atoms with E-state index in [9.17, 15) is 14.7 Å². The molecule has 4 heteroatoms. The Bertz CT molecular complexity index is 362. The zero-order valence-corrected chi connectivity index (χ0v) is 12.3. The molecule has 18 heavy (non-hydrogen) atoms. The van der Waals surface area contributed by atoms with Crippen molar-refractivity contribution in [3.05, 3.63) is 0 Å². The lowest BCUT2D eigenvalue weighted by atomic mass is 9.83. The first-order chi connectivity index (χ1) is 8.04. The Morgan fingerprint density at radius 1 is 1.33 bits per heavy atom. The topological polar surface area (TPSA) is 57.6 Å². The van der Waals surface area contributed by atoms with Crippen LogP contribution in [0.25, 0.3) is 0 Å². The first-order valence-electron chi connectivity index (χ1n) is 6.58. The number of amides is 1. The fraction of sp³-hybridized carbons (Fsp3) is 0.857. The van der Waals surface area contributed by atoms with E-state index in [-0.39, 0.29) is 23.3 Å². The van der Waals surface area contributed by atoms with E-state index in [1.807, 2.05) is 20.8 Å². The van der Waals surface area contributed by atoms with E-state index < -0.39 is 11.5 Å². The van der Waals surface area contributed by atoms with Gasteiger partial charge in [0.1, 0.15) is 5.54 Å². The van der Waals surface area contributed by atoms with Gasteiger partial charge in [0.2, 0.25) is 5.91 Å². The van der Waals surface area contributed by atoms with Crippen LogP contribution in [0.15, 0.2) is 0 Å². The van der Waals surface area contributed by atoms with E-state index in [1.54, 1.807) is 4.90 Å². The standard InChI is InChI=1S/C14H25NO3/c1-9(2)15(11(4)16)14(12(17)18)8-13(5,6)7-10(14)3/h9-10H,7-8H2,1-6H3,(H,17,18). The van der Waals surface area contributed by atoms with Crippen molar-refractivity contribution in [2.45, 2.75) is 66.0 Å². The quantitative estimate of drug-likeness (QED) is 0.843. The zero-order chi connectivity index (χ0) is 14.3. The van der Waals surface area contributed by atoms with Crippen molar-refractivity contribution < 1.29 is 14.7 Å². The van der Waals surface area contributed by atoms with Gasteiger partial charge < -0.3 is 10.0 Å². The highest BCUT2D eigenvalue weighted by atomic mass is 16.4. The summed E-state index contributed by atoms with van der Waals surface area (Å²) in [5.41, 5.74) is -1.09. The number of carbonyl (C=O) groups is 2. The molecule has 0 bridgehead atoms. The Morgan fingerprint density at radius 3 is 2.06 bits per heavy atom. The van der Waals surface area contributed by atoms with Crippen molar-refractivity contribution in [3.63, 3.8) is 0 Å². The summed E-state index contributed by atoms with van der Waals surface area (Å²) < 4.78 is 0. The van der Waals surface area contributed by atoms with Gasteiger partial charge >= 0.3 is 5.97 Å². The van der Waals surface area contributed by atoms with Crippen LogP contribution in [0.4, 0.5) is 0 Å². The molecule has 1 rings (SSSR count). The number of carboxylic acid groups (broad SMARTS) is 1. The summed E-state index contributed by atoms with van der Waals surface area (Å²) in [5.74, 6) is -1.06. The fourth-order valence-corrected chi connectivity index (χ4v) is 3.79. The number of hydrogen-bond acceptors (Lipinski definition) is 2. The van der Waals surface area contributed by atoms with Gasteiger partial charge in [0, 0.05) is 13.0 Å². The van der Waals surface area contributed by atoms with Crippen LogP contribution in [-0.4, -0.2) is 33.5 Å². The molecule has 4 nitrogen and oxygen atoms in total. The van der Waals surface area contributed by atoms with Crippen molar-refractivity contribution in [2.24, 2.45) is 11.3 Å². The SMILES string of the molecule is CC(=O)N(C(C)C)C1(C(=O)O)CC(C)(C)CC1C. The molecule has 2 unspecified atom stereocenters. The summed E-state index contributed by atoms with van der Waals surface area (Å²) in [6, 6.07) is -0.102. The number of carbonyl (C=O) groups excluding carboxylic acids is 1. The Hall–Kier alpha value is -1.06. The van der Waals surface area contributed by atoms with Gasteiger partial charge in [-0.15, -0.1) is 0 Å². The second-order valence-corrected chi connectivity index (χ2v) is 6.66. The Morgan fingerprint density at radius 2 is 1.83 bits per heavy atom. The predicted octanol–water partition coefficient (Wildman–Crippen LogP) is 2.52. The minimum Gasteiger partial charge on any atom is -0.479 e. The Balaban J connectivity index is 3.32. The molecule has 0 aliphatic heterocycles. The maximum absolute atomic E-state index is 11.9. The van der Waals surface area contributed by atoms with Crippen LogP contribution < -0.4 is 0 Å². The van der Waals surface area contributed by atoms with Crippen LogP contribution in [0.1, 0.15) is 54.4 Å². The number of carboxylic acids is 1. The van der Waals surface area contributed by atoms with Gasteiger partial charge in [-0.25, -0.2) is 4.79 Å². The summed E-state index contributed by atoms with van der Waals surface area (Å²) in [6.45, 7) is 11.3. The summed E-state index contributed by atoms with van der Waals surface area (Å²) >= 11 is 0. The third-order valence-corrected chi connectivity index (χ3v) is 4.08. The number of hydrogen-bond donors (Lipinski definition) is 1. The highest BCUT2D eigenvalue weighted by Crippen LogP contribution is 2.51. The minimum atomic E-state index is -1.05. The first kappa shape index (κ1) is 15.0. The van der Waals surface area contributed by atoms with Gasteiger partial charge in [-0.05, 0) is 38.0 Å². The molecule has 1 fully saturated rings. The van der Waals surface area contributed by atoms with Gasteiger partial charge in [-0.1, -0.05) is 20.8 Å². The normalized spacial score (nSPS) is 30.5. The van der Waals surface area contributed by atoms with Gasteiger partial charge in [-0.2, -0.15) is 0 Å². The molecule has 0 aromatic heterocycles. The molecule has 0 aromatic rings.